The molecule has 0 saturated carbocycles. The maximum Gasteiger partial charge on any atom is 0.233 e. The Bertz CT molecular complexity index is 1440. The monoisotopic (exact) mass is 635 g/mol. The van der Waals surface area contributed by atoms with Crippen LogP contribution in [0.5, 0.6) is 5.75 Å². The predicted octanol–water partition coefficient (Wildman–Crippen LogP) is 7.39. The van der Waals surface area contributed by atoms with Crippen molar-refractivity contribution in [3.05, 3.63) is 70.5 Å². The van der Waals surface area contributed by atoms with Crippen molar-refractivity contribution in [2.24, 2.45) is 5.41 Å². The number of hydrogen-bond acceptors (Lipinski definition) is 5. The first-order chi connectivity index (χ1) is 19.8. The van der Waals surface area contributed by atoms with Crippen molar-refractivity contribution in [3.63, 3.8) is 0 Å². The summed E-state index contributed by atoms with van der Waals surface area (Å²) in [6, 6.07) is 14.6. The van der Waals surface area contributed by atoms with E-state index in [4.69, 9.17) is 9.72 Å². The zero-order valence-electron chi connectivity index (χ0n) is 25.7. The number of nitrogens with one attached hydrogen (secondary N) is 2. The summed E-state index contributed by atoms with van der Waals surface area (Å²) in [5.41, 5.74) is 2.30. The van der Waals surface area contributed by atoms with Crippen LogP contribution in [0.25, 0.3) is 10.6 Å². The van der Waals surface area contributed by atoms with Crippen LogP contribution in [0.15, 0.2) is 48.5 Å². The lowest BCUT2D eigenvalue weighted by atomic mass is 9.93. The third kappa shape index (κ3) is 6.91. The van der Waals surface area contributed by atoms with Gasteiger partial charge in [-0.05, 0) is 44.1 Å². The maximum atomic E-state index is 15.6. The lowest BCUT2D eigenvalue weighted by molar-refractivity contribution is 0.183. The molecule has 0 aliphatic carbocycles. The number of benzene rings is 2. The normalized spacial score (nSPS) is 18.2. The fourth-order valence-electron chi connectivity index (χ4n) is 5.86. The molecule has 2 aromatic carbocycles. The molecule has 1 aliphatic heterocycles. The molecule has 0 bridgehead atoms. The molecule has 1 aromatic heterocycles. The van der Waals surface area contributed by atoms with Crippen LogP contribution in [-0.4, -0.2) is 61.2 Å². The van der Waals surface area contributed by atoms with E-state index in [1.165, 1.54) is 6.07 Å². The van der Waals surface area contributed by atoms with Crippen LogP contribution in [0.3, 0.4) is 0 Å². The number of nitrogens with zero attached hydrogens (tertiary/aromatic N) is 3. The Morgan fingerprint density at radius 2 is 1.71 bits per heavy atom. The van der Waals surface area contributed by atoms with Crippen molar-refractivity contribution < 1.29 is 18.3 Å². The Morgan fingerprint density at radius 1 is 1.10 bits per heavy atom. The molecule has 0 amide bonds. The molecule has 8 nitrogen and oxygen atoms in total. The van der Waals surface area contributed by atoms with Gasteiger partial charge in [0.15, 0.2) is 11.6 Å². The van der Waals surface area contributed by atoms with Crippen molar-refractivity contribution >= 4 is 26.2 Å². The summed E-state index contributed by atoms with van der Waals surface area (Å²) in [6.07, 6.45) is 0.537. The molecule has 12 heteroatoms. The lowest BCUT2D eigenvalue weighted by Gasteiger charge is -2.51. The smallest absolute Gasteiger partial charge is 0.233 e. The molecule has 1 fully saturated rings. The van der Waals surface area contributed by atoms with Gasteiger partial charge in [-0.1, -0.05) is 64.1 Å². The van der Waals surface area contributed by atoms with E-state index in [2.05, 4.69) is 24.0 Å². The number of halogens is 1. The van der Waals surface area contributed by atoms with Crippen LogP contribution < -0.4 is 14.9 Å². The van der Waals surface area contributed by atoms with Gasteiger partial charge in [0.1, 0.15) is 10.4 Å². The van der Waals surface area contributed by atoms with Gasteiger partial charge in [0.2, 0.25) is 14.9 Å². The highest BCUT2D eigenvalue weighted by atomic mass is 32.1. The molecule has 1 atom stereocenters. The molecule has 1 aliphatic rings. The van der Waals surface area contributed by atoms with E-state index in [-0.39, 0.29) is 17.8 Å². The second kappa shape index (κ2) is 13.4. The lowest BCUT2D eigenvalue weighted by Crippen LogP contribution is -2.48. The van der Waals surface area contributed by atoms with Gasteiger partial charge in [-0.15, -0.1) is 11.3 Å². The highest BCUT2D eigenvalue weighted by Gasteiger charge is 2.55. The second-order valence-electron chi connectivity index (χ2n) is 11.6. The Kier molecular flexibility index (Phi) is 10.5. The van der Waals surface area contributed by atoms with E-state index >= 15 is 4.39 Å². The summed E-state index contributed by atoms with van der Waals surface area (Å²) in [7, 11) is -3.32. The summed E-state index contributed by atoms with van der Waals surface area (Å²) >= 11 is 1.63. The first kappa shape index (κ1) is 33.0. The fraction of sp³-hybridized carbons (Fsp3) is 0.500. The van der Waals surface area contributed by atoms with E-state index in [0.717, 1.165) is 21.1 Å². The number of rotatable bonds is 12. The van der Waals surface area contributed by atoms with Gasteiger partial charge in [-0.3, -0.25) is 19.3 Å². The number of aromatic nitrogens is 1. The fourth-order valence-corrected chi connectivity index (χ4v) is 15.0. The van der Waals surface area contributed by atoms with Crippen LogP contribution >= 0.6 is 26.2 Å². The number of aryl methyl sites for hydroxylation is 1. The first-order valence-corrected chi connectivity index (χ1v) is 18.7. The molecule has 0 spiro atoms. The Balaban J connectivity index is 1.60. The zero-order chi connectivity index (χ0) is 30.7. The zero-order valence-corrected chi connectivity index (χ0v) is 28.3. The minimum absolute atomic E-state index is 0.0974. The van der Waals surface area contributed by atoms with Crippen molar-refractivity contribution in [2.75, 3.05) is 46.9 Å². The van der Waals surface area contributed by atoms with Gasteiger partial charge in [0, 0.05) is 43.0 Å². The molecular weight excluding hydrogens is 591 g/mol. The van der Waals surface area contributed by atoms with E-state index in [9.17, 15) is 9.13 Å². The molecule has 42 heavy (non-hydrogen) atoms. The summed E-state index contributed by atoms with van der Waals surface area (Å²) in [6.45, 7) is 12.2. The summed E-state index contributed by atoms with van der Waals surface area (Å²) in [4.78, 5) is 5.88. The molecule has 1 saturated heterocycles. The number of ether oxygens (including phenoxy) is 1. The molecule has 2 N–H and O–H groups in total. The average Bonchev–Trinajstić information content (AvgIpc) is 3.29. The maximum absolute atomic E-state index is 15.6. The third-order valence-electron chi connectivity index (χ3n) is 7.51. The van der Waals surface area contributed by atoms with E-state index in [0.29, 0.717) is 38.2 Å². The molecule has 230 valence electrons. The predicted molar refractivity (Wildman–Crippen MR) is 172 cm³/mol. The Hall–Kier alpha value is -1.90. The highest BCUT2D eigenvalue weighted by molar-refractivity contribution is 7.77. The van der Waals surface area contributed by atoms with E-state index < -0.39 is 26.1 Å². The van der Waals surface area contributed by atoms with E-state index in [1.807, 2.05) is 74.5 Å². The third-order valence-corrected chi connectivity index (χ3v) is 16.2. The van der Waals surface area contributed by atoms with Gasteiger partial charge >= 0.3 is 0 Å². The molecular formula is C30H44FN5O3P2S. The van der Waals surface area contributed by atoms with Crippen molar-refractivity contribution in [1.82, 2.24) is 24.5 Å². The summed E-state index contributed by atoms with van der Waals surface area (Å²) in [5.74, 6) is -0.480. The average molecular weight is 636 g/mol. The summed E-state index contributed by atoms with van der Waals surface area (Å²) < 4.78 is 54.6. The van der Waals surface area contributed by atoms with Crippen molar-refractivity contribution in [3.8, 4) is 16.3 Å². The van der Waals surface area contributed by atoms with Gasteiger partial charge in [-0.2, -0.15) is 0 Å². The molecule has 1 unspecified atom stereocenters. The molecule has 4 rings (SSSR count). The minimum atomic E-state index is -3.49. The molecule has 3 aromatic rings. The quantitative estimate of drug-likeness (QED) is 0.199. The van der Waals surface area contributed by atoms with Crippen LogP contribution in [0.2, 0.25) is 0 Å². The first-order valence-electron chi connectivity index (χ1n) is 14.4. The van der Waals surface area contributed by atoms with Gasteiger partial charge < -0.3 is 4.74 Å². The van der Waals surface area contributed by atoms with Gasteiger partial charge in [0.25, 0.3) is 0 Å². The standard InChI is InChI=1S/C30H44FN5O3P2S/c1-8-32-40(37,33-9-2)29(41(38)35(6)20-30(4,5)21-36(41)7)24-15-16-27(25(31)19-24)39-18-17-26-22(3)42-28(34-26)23-13-11-10-12-14-23/h10-16,19,29H,8-9,17-18,20-21H2,1-7H3,(H2,32,33,37). The van der Waals surface area contributed by atoms with Crippen LogP contribution in [0.1, 0.15) is 49.2 Å². The summed E-state index contributed by atoms with van der Waals surface area (Å²) in [5, 5.41) is 6.19. The van der Waals surface area contributed by atoms with Gasteiger partial charge in [-0.25, -0.2) is 18.7 Å². The van der Waals surface area contributed by atoms with E-state index in [1.54, 1.807) is 23.5 Å². The van der Waals surface area contributed by atoms with Crippen molar-refractivity contribution in [2.45, 2.75) is 46.4 Å². The molecule has 0 radical (unpaired) electrons. The SMILES string of the molecule is CCNP(=O)(NCC)C(c1ccc(OCCc2nc(-c3ccccc3)sc2C)c(F)c1)P1(=O)N(C)CC(C)(C)CN1C. The second-order valence-corrected chi connectivity index (χ2v) is 18.8. The number of hydrogen-bond donors (Lipinski definition) is 2. The Labute approximate surface area is 254 Å². The number of thiazole rings is 1. The topological polar surface area (TPSA) is 86.8 Å². The Morgan fingerprint density at radius 3 is 2.29 bits per heavy atom. The van der Waals surface area contributed by atoms with Crippen LogP contribution in [0.4, 0.5) is 4.39 Å². The largest absolute Gasteiger partial charge is 0.490 e. The van der Waals surface area contributed by atoms with Crippen LogP contribution in [-0.2, 0) is 15.6 Å². The molecule has 2 heterocycles. The highest BCUT2D eigenvalue weighted by Crippen LogP contribution is 2.77. The van der Waals surface area contributed by atoms with Gasteiger partial charge in [0.05, 0.1) is 12.3 Å². The minimum Gasteiger partial charge on any atom is -0.490 e. The van der Waals surface area contributed by atoms with Crippen LogP contribution in [0, 0.1) is 18.2 Å². The van der Waals surface area contributed by atoms with Crippen molar-refractivity contribution in [1.29, 1.82) is 0 Å².